The van der Waals surface area contributed by atoms with Crippen molar-refractivity contribution >= 4 is 15.8 Å². The quantitative estimate of drug-likeness (QED) is 0.817. The molecule has 8 heteroatoms. The molecule has 3 rings (SSSR count). The van der Waals surface area contributed by atoms with E-state index in [9.17, 15) is 8.42 Å². The Kier molecular flexibility index (Phi) is 3.68. The molecule has 1 unspecified atom stereocenters. The number of piperidine rings is 1. The van der Waals surface area contributed by atoms with E-state index in [0.29, 0.717) is 18.2 Å². The summed E-state index contributed by atoms with van der Waals surface area (Å²) in [7, 11) is -3.08. The Morgan fingerprint density at radius 1 is 1.20 bits per heavy atom. The van der Waals surface area contributed by atoms with Crippen molar-refractivity contribution in [3.63, 3.8) is 0 Å². The molecule has 0 radical (unpaired) electrons. The van der Waals surface area contributed by atoms with Gasteiger partial charge in [-0.15, -0.1) is 5.10 Å². The van der Waals surface area contributed by atoms with Gasteiger partial charge in [0.15, 0.2) is 9.84 Å². The number of aromatic nitrogens is 3. The minimum Gasteiger partial charge on any atom is -0.339 e. The first-order valence-electron chi connectivity index (χ1n) is 7.20. The van der Waals surface area contributed by atoms with Crippen LogP contribution >= 0.6 is 0 Å². The molecule has 1 aromatic heterocycles. The van der Waals surface area contributed by atoms with Gasteiger partial charge < -0.3 is 10.6 Å². The zero-order valence-electron chi connectivity index (χ0n) is 11.5. The van der Waals surface area contributed by atoms with Crippen LogP contribution in [0.15, 0.2) is 0 Å². The number of nitrogens with one attached hydrogen (secondary N) is 1. The molecular formula is C12H21N5O2S. The Hall–Kier alpha value is -1.15. The maximum Gasteiger partial charge on any atom is 0.244 e. The number of aromatic amines is 1. The van der Waals surface area contributed by atoms with Crippen molar-refractivity contribution in [1.82, 2.24) is 15.2 Å². The maximum atomic E-state index is 12.1. The second kappa shape index (κ2) is 5.33. The van der Waals surface area contributed by atoms with E-state index in [-0.39, 0.29) is 11.8 Å². The van der Waals surface area contributed by atoms with Gasteiger partial charge >= 0.3 is 0 Å². The summed E-state index contributed by atoms with van der Waals surface area (Å²) < 4.78 is 24.2. The van der Waals surface area contributed by atoms with E-state index in [0.717, 1.165) is 38.8 Å². The van der Waals surface area contributed by atoms with Crippen molar-refractivity contribution in [3.8, 4) is 0 Å². The Labute approximate surface area is 118 Å². The minimum absolute atomic E-state index is 0.253. The molecule has 3 heterocycles. The number of H-pyrrole nitrogens is 1. The summed E-state index contributed by atoms with van der Waals surface area (Å²) in [5, 5.41) is 6.51. The number of nitrogens with zero attached hydrogens (tertiary/aromatic N) is 3. The highest BCUT2D eigenvalue weighted by Gasteiger charge is 2.33. The normalized spacial score (nSPS) is 27.6. The van der Waals surface area contributed by atoms with Crippen LogP contribution in [0.3, 0.4) is 0 Å². The number of hydrogen-bond acceptors (Lipinski definition) is 6. The smallest absolute Gasteiger partial charge is 0.244 e. The lowest BCUT2D eigenvalue weighted by atomic mass is 10.1. The highest BCUT2D eigenvalue weighted by molar-refractivity contribution is 7.91. The van der Waals surface area contributed by atoms with Crippen molar-refractivity contribution in [2.45, 2.75) is 43.4 Å². The molecule has 0 aromatic carbocycles. The van der Waals surface area contributed by atoms with Gasteiger partial charge in [-0.1, -0.05) is 6.42 Å². The van der Waals surface area contributed by atoms with Crippen molar-refractivity contribution < 1.29 is 8.42 Å². The largest absolute Gasteiger partial charge is 0.339 e. The van der Waals surface area contributed by atoms with E-state index in [1.807, 2.05) is 0 Å². The number of anilines is 1. The summed E-state index contributed by atoms with van der Waals surface area (Å²) >= 11 is 0. The van der Waals surface area contributed by atoms with E-state index in [2.05, 4.69) is 20.1 Å². The first-order valence-corrected chi connectivity index (χ1v) is 8.92. The summed E-state index contributed by atoms with van der Waals surface area (Å²) in [6.45, 7) is 1.66. The predicted molar refractivity (Wildman–Crippen MR) is 76.2 cm³/mol. The number of nitrogens with two attached hydrogens (primary N) is 1. The molecule has 3 N–H and O–H groups in total. The third-order valence-electron chi connectivity index (χ3n) is 4.20. The molecule has 0 amide bonds. The SMILES string of the molecule is NC1CCN(c2n[nH]c(C3CCCCS3(=O)=O)n2)CC1. The molecule has 0 spiro atoms. The van der Waals surface area contributed by atoms with Gasteiger partial charge in [0, 0.05) is 19.1 Å². The van der Waals surface area contributed by atoms with Crippen LogP contribution in [-0.4, -0.2) is 48.5 Å². The monoisotopic (exact) mass is 299 g/mol. The van der Waals surface area contributed by atoms with E-state index < -0.39 is 15.1 Å². The third kappa shape index (κ3) is 2.67. The molecule has 7 nitrogen and oxygen atoms in total. The van der Waals surface area contributed by atoms with Gasteiger partial charge in [0.05, 0.1) is 5.75 Å². The zero-order chi connectivity index (χ0) is 14.2. The second-order valence-electron chi connectivity index (χ2n) is 5.70. The Morgan fingerprint density at radius 3 is 2.65 bits per heavy atom. The van der Waals surface area contributed by atoms with Crippen LogP contribution in [0.4, 0.5) is 5.95 Å². The van der Waals surface area contributed by atoms with E-state index in [1.54, 1.807) is 0 Å². The number of hydrogen-bond donors (Lipinski definition) is 2. The Balaban J connectivity index is 1.76. The van der Waals surface area contributed by atoms with Crippen LogP contribution in [0.1, 0.15) is 43.2 Å². The van der Waals surface area contributed by atoms with E-state index >= 15 is 0 Å². The van der Waals surface area contributed by atoms with Gasteiger partial charge in [0.25, 0.3) is 0 Å². The van der Waals surface area contributed by atoms with Gasteiger partial charge in [-0.2, -0.15) is 4.98 Å². The Bertz CT molecular complexity index is 562. The molecule has 2 aliphatic heterocycles. The molecule has 20 heavy (non-hydrogen) atoms. The average Bonchev–Trinajstić information content (AvgIpc) is 2.88. The van der Waals surface area contributed by atoms with Crippen LogP contribution in [-0.2, 0) is 9.84 Å². The van der Waals surface area contributed by atoms with E-state index in [4.69, 9.17) is 5.73 Å². The van der Waals surface area contributed by atoms with Crippen LogP contribution in [0.2, 0.25) is 0 Å². The van der Waals surface area contributed by atoms with Crippen LogP contribution < -0.4 is 10.6 Å². The summed E-state index contributed by atoms with van der Waals surface area (Å²) in [6.07, 6.45) is 4.17. The average molecular weight is 299 g/mol. The summed E-state index contributed by atoms with van der Waals surface area (Å²) in [5.74, 6) is 1.36. The standard InChI is InChI=1S/C12H21N5O2S/c13-9-4-6-17(7-5-9)12-14-11(15-16-12)10-3-1-2-8-20(10,18)19/h9-10H,1-8,13H2,(H,14,15,16). The van der Waals surface area contributed by atoms with Crippen molar-refractivity contribution in [2.75, 3.05) is 23.7 Å². The fraction of sp³-hybridized carbons (Fsp3) is 0.833. The molecule has 2 saturated heterocycles. The van der Waals surface area contributed by atoms with Crippen molar-refractivity contribution in [2.24, 2.45) is 5.73 Å². The van der Waals surface area contributed by atoms with Gasteiger partial charge in [-0.3, -0.25) is 5.10 Å². The van der Waals surface area contributed by atoms with Gasteiger partial charge in [-0.05, 0) is 25.7 Å². The van der Waals surface area contributed by atoms with Crippen molar-refractivity contribution in [1.29, 1.82) is 0 Å². The maximum absolute atomic E-state index is 12.1. The zero-order valence-corrected chi connectivity index (χ0v) is 12.3. The minimum atomic E-state index is -3.08. The lowest BCUT2D eigenvalue weighted by Crippen LogP contribution is -2.40. The van der Waals surface area contributed by atoms with Crippen LogP contribution in [0.5, 0.6) is 0 Å². The Morgan fingerprint density at radius 2 is 1.95 bits per heavy atom. The third-order valence-corrected chi connectivity index (χ3v) is 6.38. The molecule has 1 aromatic rings. The molecule has 0 aliphatic carbocycles. The fourth-order valence-electron chi connectivity index (χ4n) is 2.91. The topological polar surface area (TPSA) is 105 Å². The van der Waals surface area contributed by atoms with E-state index in [1.165, 1.54) is 0 Å². The first kappa shape index (κ1) is 13.8. The van der Waals surface area contributed by atoms with Gasteiger partial charge in [-0.25, -0.2) is 8.42 Å². The fourth-order valence-corrected chi connectivity index (χ4v) is 4.77. The van der Waals surface area contributed by atoms with Crippen LogP contribution in [0.25, 0.3) is 0 Å². The number of sulfone groups is 1. The van der Waals surface area contributed by atoms with Crippen LogP contribution in [0, 0.1) is 0 Å². The van der Waals surface area contributed by atoms with Gasteiger partial charge in [0.2, 0.25) is 5.95 Å². The lowest BCUT2D eigenvalue weighted by Gasteiger charge is -2.29. The number of rotatable bonds is 2. The van der Waals surface area contributed by atoms with Crippen molar-refractivity contribution in [3.05, 3.63) is 5.82 Å². The summed E-state index contributed by atoms with van der Waals surface area (Å²) in [4.78, 5) is 6.49. The summed E-state index contributed by atoms with van der Waals surface area (Å²) in [6, 6.07) is 0.253. The van der Waals surface area contributed by atoms with Gasteiger partial charge in [0.1, 0.15) is 11.1 Å². The molecule has 0 saturated carbocycles. The highest BCUT2D eigenvalue weighted by Crippen LogP contribution is 2.32. The predicted octanol–water partition coefficient (Wildman–Crippen LogP) is 0.372. The lowest BCUT2D eigenvalue weighted by molar-refractivity contribution is 0.496. The molecule has 0 bridgehead atoms. The first-order chi connectivity index (χ1) is 9.56. The molecular weight excluding hydrogens is 278 g/mol. The second-order valence-corrected chi connectivity index (χ2v) is 8.00. The highest BCUT2D eigenvalue weighted by atomic mass is 32.2. The summed E-state index contributed by atoms with van der Waals surface area (Å²) in [5.41, 5.74) is 5.88. The molecule has 2 fully saturated rings. The molecule has 2 aliphatic rings. The molecule has 112 valence electrons. The molecule has 1 atom stereocenters.